The molecule has 29 heavy (non-hydrogen) atoms. The minimum Gasteiger partial charge on any atom is -0.489 e. The fraction of sp³-hybridized carbons (Fsp3) is 0.240. The van der Waals surface area contributed by atoms with Gasteiger partial charge in [0.05, 0.1) is 5.56 Å². The molecule has 0 aromatic heterocycles. The molecular weight excluding hydrogens is 364 g/mol. The largest absolute Gasteiger partial charge is 0.489 e. The van der Waals surface area contributed by atoms with Gasteiger partial charge in [-0.25, -0.2) is 4.79 Å². The van der Waals surface area contributed by atoms with E-state index in [4.69, 9.17) is 14.2 Å². The fourth-order valence-electron chi connectivity index (χ4n) is 2.68. The Kier molecular flexibility index (Phi) is 6.55. The third-order valence-corrected chi connectivity index (χ3v) is 4.01. The number of esters is 1. The molecule has 0 amide bonds. The van der Waals surface area contributed by atoms with Gasteiger partial charge in [0.2, 0.25) is 0 Å². The predicted octanol–water partition coefficient (Wildman–Crippen LogP) is 5.80. The summed E-state index contributed by atoms with van der Waals surface area (Å²) in [5, 5.41) is 0. The van der Waals surface area contributed by atoms with E-state index < -0.39 is 11.6 Å². The second-order valence-corrected chi connectivity index (χ2v) is 7.74. The van der Waals surface area contributed by atoms with E-state index >= 15 is 0 Å². The third-order valence-electron chi connectivity index (χ3n) is 4.01. The van der Waals surface area contributed by atoms with Crippen molar-refractivity contribution in [3.63, 3.8) is 0 Å². The summed E-state index contributed by atoms with van der Waals surface area (Å²) in [5.74, 6) is 0.702. The number of benzene rings is 3. The van der Waals surface area contributed by atoms with Crippen molar-refractivity contribution in [2.24, 2.45) is 0 Å². The predicted molar refractivity (Wildman–Crippen MR) is 113 cm³/mol. The van der Waals surface area contributed by atoms with Gasteiger partial charge in [0.1, 0.15) is 30.3 Å². The van der Waals surface area contributed by atoms with Gasteiger partial charge in [-0.15, -0.1) is 0 Å². The maximum Gasteiger partial charge on any atom is 0.338 e. The Hall–Kier alpha value is -3.27. The van der Waals surface area contributed by atoms with Crippen molar-refractivity contribution in [2.75, 3.05) is 0 Å². The van der Waals surface area contributed by atoms with Crippen LogP contribution < -0.4 is 9.47 Å². The lowest BCUT2D eigenvalue weighted by atomic mass is 10.1. The van der Waals surface area contributed by atoms with E-state index in [1.54, 1.807) is 18.2 Å². The zero-order valence-electron chi connectivity index (χ0n) is 17.1. The lowest BCUT2D eigenvalue weighted by molar-refractivity contribution is 0.00686. The summed E-state index contributed by atoms with van der Waals surface area (Å²) >= 11 is 0. The highest BCUT2D eigenvalue weighted by molar-refractivity contribution is 5.90. The van der Waals surface area contributed by atoms with Gasteiger partial charge in [0.15, 0.2) is 0 Å². The molecule has 0 aliphatic carbocycles. The molecule has 0 spiro atoms. The molecule has 0 N–H and O–H groups in total. The second kappa shape index (κ2) is 9.28. The van der Waals surface area contributed by atoms with Crippen LogP contribution in [-0.2, 0) is 18.0 Å². The number of ether oxygens (including phenoxy) is 3. The number of hydrogen-bond acceptors (Lipinski definition) is 4. The summed E-state index contributed by atoms with van der Waals surface area (Å²) in [6, 6.07) is 24.9. The molecule has 0 aliphatic heterocycles. The molecule has 0 radical (unpaired) electrons. The minimum atomic E-state index is -0.580. The topological polar surface area (TPSA) is 44.8 Å². The van der Waals surface area contributed by atoms with Gasteiger partial charge in [0, 0.05) is 6.07 Å². The fourth-order valence-corrected chi connectivity index (χ4v) is 2.68. The highest BCUT2D eigenvalue weighted by Crippen LogP contribution is 2.26. The number of carbonyl (C=O) groups is 1. The minimum absolute atomic E-state index is 0.397. The van der Waals surface area contributed by atoms with Gasteiger partial charge in [-0.2, -0.15) is 0 Å². The van der Waals surface area contributed by atoms with Crippen molar-refractivity contribution in [1.82, 2.24) is 0 Å². The highest BCUT2D eigenvalue weighted by atomic mass is 16.6. The maximum atomic E-state index is 12.6. The SMILES string of the molecule is CC(C)(C)OC(=O)c1cc(OCc2ccccc2)cc(OCc2ccccc2)c1. The number of hydrogen-bond donors (Lipinski definition) is 0. The van der Waals surface area contributed by atoms with Crippen LogP contribution in [0.25, 0.3) is 0 Å². The van der Waals surface area contributed by atoms with Crippen LogP contribution in [0.5, 0.6) is 11.5 Å². The Morgan fingerprint density at radius 1 is 0.724 bits per heavy atom. The van der Waals surface area contributed by atoms with E-state index in [2.05, 4.69) is 0 Å². The van der Waals surface area contributed by atoms with Crippen LogP contribution in [0.1, 0.15) is 42.3 Å². The molecule has 3 aromatic carbocycles. The van der Waals surface area contributed by atoms with Gasteiger partial charge < -0.3 is 14.2 Å². The first-order chi connectivity index (χ1) is 13.9. The van der Waals surface area contributed by atoms with Gasteiger partial charge in [-0.1, -0.05) is 60.7 Å². The molecule has 3 aromatic rings. The third kappa shape index (κ3) is 6.68. The molecule has 0 saturated heterocycles. The van der Waals surface area contributed by atoms with E-state index in [9.17, 15) is 4.79 Å². The quantitative estimate of drug-likeness (QED) is 0.478. The normalized spacial score (nSPS) is 11.0. The Balaban J connectivity index is 1.79. The summed E-state index contributed by atoms with van der Waals surface area (Å²) in [6.07, 6.45) is 0. The van der Waals surface area contributed by atoms with E-state index in [0.29, 0.717) is 30.3 Å². The maximum absolute atomic E-state index is 12.6. The second-order valence-electron chi connectivity index (χ2n) is 7.74. The molecule has 4 nitrogen and oxygen atoms in total. The van der Waals surface area contributed by atoms with Crippen LogP contribution in [0, 0.1) is 0 Å². The first-order valence-electron chi connectivity index (χ1n) is 9.61. The lowest BCUT2D eigenvalue weighted by Gasteiger charge is -2.20. The standard InChI is InChI=1S/C25H26O4/c1-25(2,3)29-24(26)21-14-22(27-17-19-10-6-4-7-11-19)16-23(15-21)28-18-20-12-8-5-9-13-20/h4-16H,17-18H2,1-3H3. The molecule has 0 saturated carbocycles. The van der Waals surface area contributed by atoms with Gasteiger partial charge in [-0.05, 0) is 44.0 Å². The zero-order valence-corrected chi connectivity index (χ0v) is 17.1. The van der Waals surface area contributed by atoms with Crippen molar-refractivity contribution >= 4 is 5.97 Å². The highest BCUT2D eigenvalue weighted by Gasteiger charge is 2.19. The molecule has 0 atom stereocenters. The van der Waals surface area contributed by atoms with Gasteiger partial charge >= 0.3 is 5.97 Å². The van der Waals surface area contributed by atoms with E-state index in [1.807, 2.05) is 81.4 Å². The lowest BCUT2D eigenvalue weighted by Crippen LogP contribution is -2.23. The Labute approximate surface area is 172 Å². The van der Waals surface area contributed by atoms with Gasteiger partial charge in [-0.3, -0.25) is 0 Å². The Morgan fingerprint density at radius 3 is 1.59 bits per heavy atom. The van der Waals surface area contributed by atoms with Crippen molar-refractivity contribution in [2.45, 2.75) is 39.6 Å². The zero-order chi connectivity index (χ0) is 20.7. The summed E-state index contributed by atoms with van der Waals surface area (Å²) in [5.41, 5.74) is 1.90. The van der Waals surface area contributed by atoms with Crippen molar-refractivity contribution in [1.29, 1.82) is 0 Å². The average molecular weight is 390 g/mol. The van der Waals surface area contributed by atoms with Gasteiger partial charge in [0.25, 0.3) is 0 Å². The molecule has 0 fully saturated rings. The molecule has 150 valence electrons. The van der Waals surface area contributed by atoms with E-state index in [0.717, 1.165) is 11.1 Å². The van der Waals surface area contributed by atoms with Crippen LogP contribution in [0.4, 0.5) is 0 Å². The van der Waals surface area contributed by atoms with Crippen molar-refractivity contribution < 1.29 is 19.0 Å². The molecule has 0 heterocycles. The summed E-state index contributed by atoms with van der Waals surface area (Å²) in [4.78, 5) is 12.6. The monoisotopic (exact) mass is 390 g/mol. The molecule has 3 rings (SSSR count). The van der Waals surface area contributed by atoms with Crippen LogP contribution in [0.2, 0.25) is 0 Å². The number of carbonyl (C=O) groups excluding carboxylic acids is 1. The molecular formula is C25H26O4. The smallest absolute Gasteiger partial charge is 0.338 e. The van der Waals surface area contributed by atoms with Crippen LogP contribution >= 0.6 is 0 Å². The van der Waals surface area contributed by atoms with E-state index in [1.165, 1.54) is 0 Å². The summed E-state index contributed by atoms with van der Waals surface area (Å²) < 4.78 is 17.3. The summed E-state index contributed by atoms with van der Waals surface area (Å²) in [6.45, 7) is 6.32. The van der Waals surface area contributed by atoms with Crippen LogP contribution in [0.15, 0.2) is 78.9 Å². The first kappa shape index (κ1) is 20.5. The Bertz CT molecular complexity index is 866. The van der Waals surface area contributed by atoms with Crippen molar-refractivity contribution in [3.05, 3.63) is 95.6 Å². The summed E-state index contributed by atoms with van der Waals surface area (Å²) in [7, 11) is 0. The number of rotatable bonds is 7. The first-order valence-corrected chi connectivity index (χ1v) is 9.61. The van der Waals surface area contributed by atoms with Crippen molar-refractivity contribution in [3.8, 4) is 11.5 Å². The van der Waals surface area contributed by atoms with Crippen LogP contribution in [0.3, 0.4) is 0 Å². The molecule has 0 bridgehead atoms. The Morgan fingerprint density at radius 2 is 1.17 bits per heavy atom. The van der Waals surface area contributed by atoms with Crippen LogP contribution in [-0.4, -0.2) is 11.6 Å². The molecule has 0 unspecified atom stereocenters. The molecule has 4 heteroatoms. The molecule has 0 aliphatic rings. The van der Waals surface area contributed by atoms with E-state index in [-0.39, 0.29) is 0 Å². The average Bonchev–Trinajstić information content (AvgIpc) is 2.71.